The van der Waals surface area contributed by atoms with Gasteiger partial charge < -0.3 is 5.32 Å². The molecule has 0 radical (unpaired) electrons. The summed E-state index contributed by atoms with van der Waals surface area (Å²) in [5.74, 6) is 0.534. The second-order valence-electron chi connectivity index (χ2n) is 3.85. The van der Waals surface area contributed by atoms with Gasteiger partial charge in [-0.1, -0.05) is 6.58 Å². The number of aromatic nitrogens is 3. The van der Waals surface area contributed by atoms with E-state index in [9.17, 15) is 4.79 Å². The molecule has 2 rings (SSSR count). The Labute approximate surface area is 105 Å². The fourth-order valence-corrected chi connectivity index (χ4v) is 1.65. The number of hydrogen-bond donors (Lipinski definition) is 1. The van der Waals surface area contributed by atoms with Crippen LogP contribution in [0.4, 0.5) is 10.5 Å². The zero-order valence-corrected chi connectivity index (χ0v) is 10.3. The number of hydrogen-bond acceptors (Lipinski definition) is 3. The maximum absolute atomic E-state index is 12.2. The Hall–Kier alpha value is -2.43. The Morgan fingerprint density at radius 3 is 2.89 bits per heavy atom. The lowest BCUT2D eigenvalue weighted by Gasteiger charge is -2.08. The fourth-order valence-electron chi connectivity index (χ4n) is 1.65. The van der Waals surface area contributed by atoms with Gasteiger partial charge in [-0.2, -0.15) is 0 Å². The van der Waals surface area contributed by atoms with Crippen molar-refractivity contribution in [3.05, 3.63) is 48.3 Å². The molecule has 0 aliphatic rings. The number of imidazole rings is 1. The van der Waals surface area contributed by atoms with Crippen molar-refractivity contribution in [1.29, 1.82) is 0 Å². The molecule has 92 valence electrons. The number of carbonyl (C=O) groups excluding carboxylic acids is 1. The quantitative estimate of drug-likeness (QED) is 0.880. The minimum Gasteiger partial charge on any atom is -0.306 e. The smallest absolute Gasteiger partial charge is 0.306 e. The maximum Gasteiger partial charge on any atom is 0.331 e. The van der Waals surface area contributed by atoms with Gasteiger partial charge in [0.25, 0.3) is 0 Å². The first-order valence-electron chi connectivity index (χ1n) is 5.53. The number of nitrogens with zero attached hydrogens (tertiary/aromatic N) is 3. The van der Waals surface area contributed by atoms with Gasteiger partial charge in [0.1, 0.15) is 5.82 Å². The van der Waals surface area contributed by atoms with Crippen LogP contribution < -0.4 is 5.32 Å². The van der Waals surface area contributed by atoms with Crippen LogP contribution in [0.5, 0.6) is 0 Å². The van der Waals surface area contributed by atoms with Crippen LogP contribution in [0.1, 0.15) is 17.2 Å². The van der Waals surface area contributed by atoms with Crippen LogP contribution in [-0.2, 0) is 0 Å². The van der Waals surface area contributed by atoms with Gasteiger partial charge in [-0.25, -0.2) is 14.3 Å². The average molecular weight is 242 g/mol. The Morgan fingerprint density at radius 2 is 2.28 bits per heavy atom. The minimum atomic E-state index is -0.268. The van der Waals surface area contributed by atoms with E-state index in [-0.39, 0.29) is 6.03 Å². The molecule has 0 spiro atoms. The summed E-state index contributed by atoms with van der Waals surface area (Å²) in [6.07, 6.45) is 4.80. The number of carbonyl (C=O) groups is 1. The van der Waals surface area contributed by atoms with E-state index in [2.05, 4.69) is 21.9 Å². The molecule has 2 aromatic rings. The second kappa shape index (κ2) is 4.83. The van der Waals surface area contributed by atoms with Crippen LogP contribution in [0.3, 0.4) is 0 Å². The highest BCUT2D eigenvalue weighted by atomic mass is 16.2. The van der Waals surface area contributed by atoms with Crippen LogP contribution in [0.25, 0.3) is 6.08 Å². The first kappa shape index (κ1) is 12.0. The van der Waals surface area contributed by atoms with Crippen LogP contribution >= 0.6 is 0 Å². The highest BCUT2D eigenvalue weighted by molar-refractivity contribution is 5.92. The highest BCUT2D eigenvalue weighted by Gasteiger charge is 2.15. The zero-order chi connectivity index (χ0) is 13.1. The Kier molecular flexibility index (Phi) is 3.23. The molecule has 2 heterocycles. The van der Waals surface area contributed by atoms with Crippen molar-refractivity contribution in [3.8, 4) is 0 Å². The van der Waals surface area contributed by atoms with Crippen molar-refractivity contribution in [3.63, 3.8) is 0 Å². The van der Waals surface area contributed by atoms with Gasteiger partial charge >= 0.3 is 6.03 Å². The second-order valence-corrected chi connectivity index (χ2v) is 3.85. The third-order valence-electron chi connectivity index (χ3n) is 2.67. The first-order valence-corrected chi connectivity index (χ1v) is 5.53. The van der Waals surface area contributed by atoms with Gasteiger partial charge in [0.2, 0.25) is 0 Å². The van der Waals surface area contributed by atoms with E-state index in [1.54, 1.807) is 30.6 Å². The topological polar surface area (TPSA) is 59.8 Å². The number of aryl methyl sites for hydroxylation is 1. The molecule has 5 nitrogen and oxygen atoms in total. The third-order valence-corrected chi connectivity index (χ3v) is 2.67. The van der Waals surface area contributed by atoms with Crippen molar-refractivity contribution >= 4 is 17.8 Å². The van der Waals surface area contributed by atoms with E-state index in [1.165, 1.54) is 4.57 Å². The Bertz CT molecular complexity index is 587. The molecule has 2 aromatic heterocycles. The van der Waals surface area contributed by atoms with Gasteiger partial charge in [0, 0.05) is 11.9 Å². The molecule has 0 unspecified atom stereocenters. The predicted octanol–water partition coefficient (Wildman–Crippen LogP) is 2.62. The fraction of sp³-hybridized carbons (Fsp3) is 0.154. The summed E-state index contributed by atoms with van der Waals surface area (Å²) >= 11 is 0. The SMILES string of the molecule is C=Cc1nc(C)c(C)n1C(=O)Nc1cccnc1. The molecule has 0 atom stereocenters. The van der Waals surface area contributed by atoms with Gasteiger partial charge in [-0.05, 0) is 32.1 Å². The zero-order valence-electron chi connectivity index (χ0n) is 10.3. The van der Waals surface area contributed by atoms with Crippen molar-refractivity contribution in [2.45, 2.75) is 13.8 Å². The minimum absolute atomic E-state index is 0.268. The number of nitrogens with one attached hydrogen (secondary N) is 1. The van der Waals surface area contributed by atoms with E-state index in [0.29, 0.717) is 11.5 Å². The summed E-state index contributed by atoms with van der Waals surface area (Å²) in [6.45, 7) is 7.36. The lowest BCUT2D eigenvalue weighted by atomic mass is 10.4. The number of amides is 1. The molecule has 5 heteroatoms. The van der Waals surface area contributed by atoms with Gasteiger partial charge in [0.15, 0.2) is 0 Å². The molecule has 0 aliphatic heterocycles. The Balaban J connectivity index is 2.32. The summed E-state index contributed by atoms with van der Waals surface area (Å²) in [4.78, 5) is 20.4. The van der Waals surface area contributed by atoms with Crippen molar-refractivity contribution in [1.82, 2.24) is 14.5 Å². The monoisotopic (exact) mass is 242 g/mol. The summed E-state index contributed by atoms with van der Waals surface area (Å²) < 4.78 is 1.50. The molecule has 0 bridgehead atoms. The van der Waals surface area contributed by atoms with Crippen molar-refractivity contribution in [2.75, 3.05) is 5.32 Å². The largest absolute Gasteiger partial charge is 0.331 e. The number of anilines is 1. The van der Waals surface area contributed by atoms with Crippen LogP contribution in [0.15, 0.2) is 31.1 Å². The summed E-state index contributed by atoms with van der Waals surface area (Å²) in [5, 5.41) is 2.76. The molecule has 1 N–H and O–H groups in total. The Morgan fingerprint density at radius 1 is 1.50 bits per heavy atom. The molecule has 18 heavy (non-hydrogen) atoms. The highest BCUT2D eigenvalue weighted by Crippen LogP contribution is 2.13. The van der Waals surface area contributed by atoms with Crippen LogP contribution in [0, 0.1) is 13.8 Å². The van der Waals surface area contributed by atoms with Crippen molar-refractivity contribution < 1.29 is 4.79 Å². The van der Waals surface area contributed by atoms with E-state index in [1.807, 2.05) is 13.8 Å². The van der Waals surface area contributed by atoms with E-state index < -0.39 is 0 Å². The number of rotatable bonds is 2. The molecule has 0 aliphatic carbocycles. The number of pyridine rings is 1. The molecule has 1 amide bonds. The molecular formula is C13H14N4O. The predicted molar refractivity (Wildman–Crippen MR) is 70.4 cm³/mol. The summed E-state index contributed by atoms with van der Waals surface area (Å²) in [6, 6.07) is 3.27. The van der Waals surface area contributed by atoms with E-state index in [0.717, 1.165) is 11.4 Å². The van der Waals surface area contributed by atoms with Gasteiger partial charge in [0.05, 0.1) is 17.6 Å². The normalized spacial score (nSPS) is 10.1. The molecule has 0 fully saturated rings. The molecule has 0 aromatic carbocycles. The van der Waals surface area contributed by atoms with Gasteiger partial charge in [-0.3, -0.25) is 4.98 Å². The van der Waals surface area contributed by atoms with Crippen LogP contribution in [0.2, 0.25) is 0 Å². The van der Waals surface area contributed by atoms with E-state index >= 15 is 0 Å². The van der Waals surface area contributed by atoms with Gasteiger partial charge in [-0.15, -0.1) is 0 Å². The standard InChI is InChI=1S/C13H14N4O/c1-4-12-15-9(2)10(3)17(12)13(18)16-11-6-5-7-14-8-11/h4-8H,1H2,2-3H3,(H,16,18). The summed E-state index contributed by atoms with van der Waals surface area (Å²) in [5.41, 5.74) is 2.25. The third kappa shape index (κ3) is 2.15. The molecular weight excluding hydrogens is 228 g/mol. The molecule has 0 saturated carbocycles. The average Bonchev–Trinajstić information content (AvgIpc) is 2.66. The maximum atomic E-state index is 12.2. The van der Waals surface area contributed by atoms with Crippen molar-refractivity contribution in [2.24, 2.45) is 0 Å². The first-order chi connectivity index (χ1) is 8.63. The summed E-state index contributed by atoms with van der Waals surface area (Å²) in [7, 11) is 0. The lowest BCUT2D eigenvalue weighted by Crippen LogP contribution is -2.21. The molecule has 0 saturated heterocycles. The van der Waals surface area contributed by atoms with Crippen LogP contribution in [-0.4, -0.2) is 20.6 Å². The van der Waals surface area contributed by atoms with E-state index in [4.69, 9.17) is 0 Å². The lowest BCUT2D eigenvalue weighted by molar-refractivity contribution is 0.253.